The summed E-state index contributed by atoms with van der Waals surface area (Å²) in [7, 11) is 1.90. The normalized spacial score (nSPS) is 15.1. The molecule has 1 aliphatic carbocycles. The van der Waals surface area contributed by atoms with Gasteiger partial charge in [-0.05, 0) is 32.7 Å². The van der Waals surface area contributed by atoms with Crippen LogP contribution in [0.5, 0.6) is 0 Å². The number of rotatable bonds is 7. The smallest absolute Gasteiger partial charge is 0.144 e. The van der Waals surface area contributed by atoms with Crippen LogP contribution in [0.3, 0.4) is 0 Å². The fourth-order valence-electron chi connectivity index (χ4n) is 2.20. The van der Waals surface area contributed by atoms with Crippen molar-refractivity contribution in [1.82, 2.24) is 14.9 Å². The Morgan fingerprint density at radius 3 is 2.78 bits per heavy atom. The number of aromatic nitrogens is 2. The maximum absolute atomic E-state index is 4.55. The first-order chi connectivity index (χ1) is 8.72. The zero-order chi connectivity index (χ0) is 13.0. The molecule has 1 aromatic heterocycles. The molecule has 0 saturated heterocycles. The third-order valence-electron chi connectivity index (χ3n) is 3.36. The van der Waals surface area contributed by atoms with E-state index in [1.807, 2.05) is 20.0 Å². The van der Waals surface area contributed by atoms with Gasteiger partial charge in [0.05, 0.1) is 6.54 Å². The highest BCUT2D eigenvalue weighted by atomic mass is 15.2. The number of aryl methyl sites for hydroxylation is 1. The second-order valence-electron chi connectivity index (χ2n) is 5.12. The Hall–Kier alpha value is -1.16. The van der Waals surface area contributed by atoms with Gasteiger partial charge in [0.15, 0.2) is 0 Å². The lowest BCUT2D eigenvalue weighted by Gasteiger charge is -2.21. The molecule has 0 bridgehead atoms. The van der Waals surface area contributed by atoms with Crippen LogP contribution in [0.1, 0.15) is 44.1 Å². The number of hydrogen-bond acceptors (Lipinski definition) is 4. The molecule has 4 nitrogen and oxygen atoms in total. The molecule has 1 aromatic rings. The monoisotopic (exact) mass is 248 g/mol. The first kappa shape index (κ1) is 13.3. The van der Waals surface area contributed by atoms with Gasteiger partial charge in [-0.1, -0.05) is 13.3 Å². The Morgan fingerprint density at radius 2 is 2.17 bits per heavy atom. The van der Waals surface area contributed by atoms with E-state index in [1.165, 1.54) is 32.2 Å². The average Bonchev–Trinajstić information content (AvgIpc) is 3.18. The lowest BCUT2D eigenvalue weighted by atomic mass is 10.3. The molecule has 1 N–H and O–H groups in total. The third-order valence-corrected chi connectivity index (χ3v) is 3.36. The van der Waals surface area contributed by atoms with E-state index in [1.54, 1.807) is 0 Å². The fraction of sp³-hybridized carbons (Fsp3) is 0.714. The van der Waals surface area contributed by atoms with Crippen molar-refractivity contribution < 1.29 is 0 Å². The number of anilines is 1. The van der Waals surface area contributed by atoms with Gasteiger partial charge >= 0.3 is 0 Å². The average molecular weight is 248 g/mol. The molecule has 1 aliphatic rings. The van der Waals surface area contributed by atoms with Gasteiger partial charge in [0.2, 0.25) is 0 Å². The summed E-state index contributed by atoms with van der Waals surface area (Å²) in [6, 6.07) is 2.76. The van der Waals surface area contributed by atoms with E-state index in [9.17, 15) is 0 Å². The molecule has 2 rings (SSSR count). The number of nitrogens with one attached hydrogen (secondary N) is 1. The summed E-state index contributed by atoms with van der Waals surface area (Å²) in [6.45, 7) is 6.33. The molecule has 0 aliphatic heterocycles. The van der Waals surface area contributed by atoms with Gasteiger partial charge in [-0.15, -0.1) is 0 Å². The minimum absolute atomic E-state index is 0.777. The van der Waals surface area contributed by atoms with E-state index in [0.717, 1.165) is 29.9 Å². The Morgan fingerprint density at radius 1 is 1.39 bits per heavy atom. The minimum atomic E-state index is 0.777. The van der Waals surface area contributed by atoms with Crippen molar-refractivity contribution in [1.29, 1.82) is 0 Å². The van der Waals surface area contributed by atoms with Crippen molar-refractivity contribution in [2.45, 2.75) is 52.1 Å². The Bertz CT molecular complexity index is 387. The van der Waals surface area contributed by atoms with Crippen molar-refractivity contribution in [2.75, 3.05) is 18.9 Å². The molecule has 4 heteroatoms. The second-order valence-corrected chi connectivity index (χ2v) is 5.12. The summed E-state index contributed by atoms with van der Waals surface area (Å²) in [5.41, 5.74) is 1.04. The summed E-state index contributed by atoms with van der Waals surface area (Å²) >= 11 is 0. The summed E-state index contributed by atoms with van der Waals surface area (Å²) in [5.74, 6) is 1.87. The van der Waals surface area contributed by atoms with Crippen molar-refractivity contribution in [3.8, 4) is 0 Å². The quantitative estimate of drug-likeness (QED) is 0.805. The van der Waals surface area contributed by atoms with Gasteiger partial charge in [-0.25, -0.2) is 9.97 Å². The van der Waals surface area contributed by atoms with Crippen molar-refractivity contribution in [3.05, 3.63) is 17.6 Å². The molecule has 1 saturated carbocycles. The van der Waals surface area contributed by atoms with Crippen LogP contribution in [0, 0.1) is 6.92 Å². The lowest BCUT2D eigenvalue weighted by molar-refractivity contribution is 0.244. The van der Waals surface area contributed by atoms with Crippen molar-refractivity contribution in [2.24, 2.45) is 0 Å². The van der Waals surface area contributed by atoms with Crippen molar-refractivity contribution >= 4 is 5.82 Å². The van der Waals surface area contributed by atoms with Crippen molar-refractivity contribution in [3.63, 3.8) is 0 Å². The van der Waals surface area contributed by atoms with Gasteiger partial charge < -0.3 is 5.32 Å². The van der Waals surface area contributed by atoms with E-state index in [0.29, 0.717) is 0 Å². The number of unbranched alkanes of at least 4 members (excludes halogenated alkanes) is 1. The molecule has 0 atom stereocenters. The topological polar surface area (TPSA) is 41.1 Å². The van der Waals surface area contributed by atoms with E-state index in [4.69, 9.17) is 0 Å². The molecule has 100 valence electrons. The summed E-state index contributed by atoms with van der Waals surface area (Å²) < 4.78 is 0. The Kier molecular flexibility index (Phi) is 4.53. The Labute approximate surface area is 110 Å². The summed E-state index contributed by atoms with van der Waals surface area (Å²) in [4.78, 5) is 11.6. The molecule has 1 heterocycles. The molecule has 18 heavy (non-hydrogen) atoms. The molecular formula is C14H24N4. The molecular weight excluding hydrogens is 224 g/mol. The first-order valence-electron chi connectivity index (χ1n) is 6.99. The highest BCUT2D eigenvalue weighted by Crippen LogP contribution is 2.28. The molecule has 0 radical (unpaired) electrons. The predicted molar refractivity (Wildman–Crippen MR) is 74.7 cm³/mol. The largest absolute Gasteiger partial charge is 0.373 e. The van der Waals surface area contributed by atoms with Gasteiger partial charge in [-0.2, -0.15) is 0 Å². The molecule has 0 spiro atoms. The number of hydrogen-bond donors (Lipinski definition) is 1. The van der Waals surface area contributed by atoms with Crippen LogP contribution in [-0.4, -0.2) is 34.5 Å². The molecule has 0 amide bonds. The number of nitrogens with zero attached hydrogens (tertiary/aromatic N) is 3. The van der Waals surface area contributed by atoms with Gasteiger partial charge in [-0.3, -0.25) is 4.90 Å². The van der Waals surface area contributed by atoms with E-state index < -0.39 is 0 Å². The van der Waals surface area contributed by atoms with Crippen LogP contribution < -0.4 is 5.32 Å². The zero-order valence-corrected chi connectivity index (χ0v) is 11.7. The lowest BCUT2D eigenvalue weighted by Crippen LogP contribution is -2.27. The minimum Gasteiger partial charge on any atom is -0.373 e. The molecule has 0 unspecified atom stereocenters. The zero-order valence-electron chi connectivity index (χ0n) is 11.7. The van der Waals surface area contributed by atoms with Crippen LogP contribution in [0.4, 0.5) is 5.82 Å². The predicted octanol–water partition coefficient (Wildman–Crippen LogP) is 2.59. The van der Waals surface area contributed by atoms with Crippen LogP contribution in [0.2, 0.25) is 0 Å². The summed E-state index contributed by atoms with van der Waals surface area (Å²) in [5, 5.41) is 3.10. The maximum Gasteiger partial charge on any atom is 0.144 e. The van der Waals surface area contributed by atoms with Gasteiger partial charge in [0.25, 0.3) is 0 Å². The first-order valence-corrected chi connectivity index (χ1v) is 6.99. The highest BCUT2D eigenvalue weighted by molar-refractivity contribution is 5.34. The SMILES string of the molecule is CCCCN(Cc1nc(C)cc(NC)n1)C1CC1. The maximum atomic E-state index is 4.55. The third kappa shape index (κ3) is 3.67. The van der Waals surface area contributed by atoms with Crippen LogP contribution >= 0.6 is 0 Å². The highest BCUT2D eigenvalue weighted by Gasteiger charge is 2.29. The standard InChI is InChI=1S/C14H24N4/c1-4-5-8-18(12-6-7-12)10-14-16-11(2)9-13(15-3)17-14/h9,12H,4-8,10H2,1-3H3,(H,15,16,17). The molecule has 0 aromatic carbocycles. The van der Waals surface area contributed by atoms with Crippen LogP contribution in [0.15, 0.2) is 6.07 Å². The van der Waals surface area contributed by atoms with Crippen LogP contribution in [0.25, 0.3) is 0 Å². The van der Waals surface area contributed by atoms with Crippen LogP contribution in [-0.2, 0) is 6.54 Å². The Balaban J connectivity index is 2.03. The molecule has 1 fully saturated rings. The second kappa shape index (κ2) is 6.14. The van der Waals surface area contributed by atoms with E-state index in [-0.39, 0.29) is 0 Å². The van der Waals surface area contributed by atoms with Gasteiger partial charge in [0.1, 0.15) is 11.6 Å². The summed E-state index contributed by atoms with van der Waals surface area (Å²) in [6.07, 6.45) is 5.20. The fourth-order valence-corrected chi connectivity index (χ4v) is 2.20. The van der Waals surface area contributed by atoms with Gasteiger partial charge in [0, 0.05) is 24.8 Å². The van der Waals surface area contributed by atoms with E-state index in [2.05, 4.69) is 27.1 Å². The van der Waals surface area contributed by atoms with E-state index >= 15 is 0 Å².